The number of non-ortho nitro benzene ring substituents is 1. The molecule has 0 unspecified atom stereocenters. The molecular formula is C24H17N4O7-. The van der Waals surface area contributed by atoms with E-state index < -0.39 is 22.5 Å². The third kappa shape index (κ3) is 5.60. The molecule has 176 valence electrons. The fraction of sp³-hybridized carbons (Fsp3) is 0.0417. The van der Waals surface area contributed by atoms with Crippen molar-refractivity contribution in [1.29, 1.82) is 0 Å². The first kappa shape index (κ1) is 23.0. The number of fused-ring (bicyclic) bond motifs is 1. The van der Waals surface area contributed by atoms with E-state index in [1.807, 2.05) is 0 Å². The lowest BCUT2D eigenvalue weighted by molar-refractivity contribution is -0.385. The number of nitrogens with zero attached hydrogens (tertiary/aromatic N) is 2. The fourth-order valence-electron chi connectivity index (χ4n) is 3.08. The van der Waals surface area contributed by atoms with Crippen LogP contribution in [0.4, 0.5) is 5.69 Å². The molecule has 1 aliphatic heterocycles. The van der Waals surface area contributed by atoms with Gasteiger partial charge in [-0.15, -0.1) is 0 Å². The van der Waals surface area contributed by atoms with Crippen molar-refractivity contribution in [2.45, 2.75) is 0 Å². The molecule has 11 heteroatoms. The Morgan fingerprint density at radius 1 is 1.00 bits per heavy atom. The second-order valence-corrected chi connectivity index (χ2v) is 7.17. The van der Waals surface area contributed by atoms with Gasteiger partial charge in [0.2, 0.25) is 6.79 Å². The van der Waals surface area contributed by atoms with E-state index in [1.54, 1.807) is 48.5 Å². The van der Waals surface area contributed by atoms with Crippen molar-refractivity contribution in [2.75, 3.05) is 6.79 Å². The maximum atomic E-state index is 12.8. The van der Waals surface area contributed by atoms with E-state index in [1.165, 1.54) is 6.08 Å². The number of carbonyl (C=O) groups is 2. The van der Waals surface area contributed by atoms with Gasteiger partial charge in [-0.2, -0.15) is 5.10 Å². The Labute approximate surface area is 198 Å². The molecule has 2 N–H and O–H groups in total. The van der Waals surface area contributed by atoms with Gasteiger partial charge >= 0.3 is 0 Å². The maximum absolute atomic E-state index is 12.8. The lowest BCUT2D eigenvalue weighted by Gasteiger charge is -2.10. The first-order chi connectivity index (χ1) is 16.9. The van der Waals surface area contributed by atoms with Gasteiger partial charge in [-0.25, -0.2) is 5.43 Å². The lowest BCUT2D eigenvalue weighted by Crippen LogP contribution is -2.32. The van der Waals surface area contributed by atoms with Crippen LogP contribution in [-0.2, 0) is 4.79 Å². The summed E-state index contributed by atoms with van der Waals surface area (Å²) in [5.74, 6) is -0.795. The minimum atomic E-state index is -0.791. The standard InChI is InChI=1S/C24H18N4O7/c29-20-8-7-18(28(32)33)12-17(20)13-25-27-24(31)19(26-23(30)16-4-2-1-3-5-16)10-15-6-9-21-22(11-15)35-14-34-21/h1-13,29H,14H2,(H,26,30)(H,27,31)/p-1/b19-10-,25-13-. The number of benzene rings is 3. The number of ether oxygens (including phenoxy) is 2. The molecular weight excluding hydrogens is 456 g/mol. The SMILES string of the molecule is O=C(N/N=C\c1cc([N+](=O)[O-])ccc1[O-])/C(=C/c1ccc2c(c1)OCO2)NC(=O)c1ccccc1. The molecule has 3 aromatic carbocycles. The zero-order valence-corrected chi connectivity index (χ0v) is 18.0. The number of hydrogen-bond acceptors (Lipinski definition) is 8. The summed E-state index contributed by atoms with van der Waals surface area (Å²) in [6, 6.07) is 16.4. The molecule has 11 nitrogen and oxygen atoms in total. The van der Waals surface area contributed by atoms with Crippen molar-refractivity contribution in [3.05, 3.63) is 99.2 Å². The van der Waals surface area contributed by atoms with Crippen molar-refractivity contribution in [3.8, 4) is 17.2 Å². The van der Waals surface area contributed by atoms with Gasteiger partial charge in [0.15, 0.2) is 11.5 Å². The molecule has 0 aromatic heterocycles. The Kier molecular flexibility index (Phi) is 6.68. The first-order valence-electron chi connectivity index (χ1n) is 10.2. The fourth-order valence-corrected chi connectivity index (χ4v) is 3.08. The highest BCUT2D eigenvalue weighted by Gasteiger charge is 2.17. The van der Waals surface area contributed by atoms with E-state index in [4.69, 9.17) is 9.47 Å². The predicted molar refractivity (Wildman–Crippen MR) is 123 cm³/mol. The van der Waals surface area contributed by atoms with Gasteiger partial charge in [0.25, 0.3) is 17.5 Å². The number of nitro benzene ring substituents is 1. The van der Waals surface area contributed by atoms with Crippen molar-refractivity contribution in [1.82, 2.24) is 10.7 Å². The van der Waals surface area contributed by atoms with Crippen LogP contribution >= 0.6 is 0 Å². The summed E-state index contributed by atoms with van der Waals surface area (Å²) in [7, 11) is 0. The van der Waals surface area contributed by atoms with Gasteiger partial charge in [0.05, 0.1) is 11.1 Å². The van der Waals surface area contributed by atoms with Crippen LogP contribution in [0.3, 0.4) is 0 Å². The molecule has 0 atom stereocenters. The summed E-state index contributed by atoms with van der Waals surface area (Å²) in [5.41, 5.74) is 2.56. The zero-order chi connectivity index (χ0) is 24.8. The molecule has 0 saturated heterocycles. The highest BCUT2D eigenvalue weighted by Crippen LogP contribution is 2.33. The largest absolute Gasteiger partial charge is 0.872 e. The Morgan fingerprint density at radius 3 is 2.54 bits per heavy atom. The number of carbonyl (C=O) groups excluding carboxylic acids is 2. The summed E-state index contributed by atoms with van der Waals surface area (Å²) < 4.78 is 10.6. The average Bonchev–Trinajstić information content (AvgIpc) is 3.33. The van der Waals surface area contributed by atoms with Crippen LogP contribution in [0.2, 0.25) is 0 Å². The van der Waals surface area contributed by atoms with E-state index in [0.29, 0.717) is 22.6 Å². The van der Waals surface area contributed by atoms with Crippen LogP contribution in [0.25, 0.3) is 6.08 Å². The van der Waals surface area contributed by atoms with Gasteiger partial charge in [0.1, 0.15) is 5.70 Å². The molecule has 3 aromatic rings. The average molecular weight is 473 g/mol. The van der Waals surface area contributed by atoms with Gasteiger partial charge in [-0.05, 0) is 41.5 Å². The van der Waals surface area contributed by atoms with E-state index in [2.05, 4.69) is 15.8 Å². The number of nitro groups is 1. The molecule has 1 heterocycles. The number of hydrazone groups is 1. The number of rotatable bonds is 7. The topological polar surface area (TPSA) is 155 Å². The Hall–Kier alpha value is -5.19. The third-order valence-corrected chi connectivity index (χ3v) is 4.81. The van der Waals surface area contributed by atoms with Gasteiger partial charge in [-0.1, -0.05) is 36.1 Å². The van der Waals surface area contributed by atoms with Crippen LogP contribution in [-0.4, -0.2) is 29.7 Å². The monoisotopic (exact) mass is 473 g/mol. The predicted octanol–water partition coefficient (Wildman–Crippen LogP) is 2.32. The molecule has 0 radical (unpaired) electrons. The number of hydrogen-bond donors (Lipinski definition) is 2. The second-order valence-electron chi connectivity index (χ2n) is 7.17. The van der Waals surface area contributed by atoms with Crippen LogP contribution in [0, 0.1) is 10.1 Å². The summed E-state index contributed by atoms with van der Waals surface area (Å²) in [6.45, 7) is 0.0780. The Morgan fingerprint density at radius 2 is 1.77 bits per heavy atom. The van der Waals surface area contributed by atoms with Gasteiger partial charge in [0, 0.05) is 17.7 Å². The third-order valence-electron chi connectivity index (χ3n) is 4.81. The molecule has 4 rings (SSSR count). The van der Waals surface area contributed by atoms with Gasteiger partial charge in [-0.3, -0.25) is 19.7 Å². The van der Waals surface area contributed by atoms with Crippen molar-refractivity contribution >= 4 is 29.8 Å². The molecule has 0 aliphatic carbocycles. The smallest absolute Gasteiger partial charge is 0.287 e. The molecule has 35 heavy (non-hydrogen) atoms. The minimum Gasteiger partial charge on any atom is -0.872 e. The van der Waals surface area contributed by atoms with Crippen LogP contribution in [0.15, 0.2) is 77.5 Å². The van der Waals surface area contributed by atoms with E-state index in [9.17, 15) is 24.8 Å². The highest BCUT2D eigenvalue weighted by atomic mass is 16.7. The summed E-state index contributed by atoms with van der Waals surface area (Å²) in [5, 5.41) is 29.1. The molecule has 0 bridgehead atoms. The minimum absolute atomic E-state index is 0.0780. The van der Waals surface area contributed by atoms with Crippen LogP contribution < -0.4 is 25.3 Å². The van der Waals surface area contributed by atoms with Crippen molar-refractivity contribution < 1.29 is 29.1 Å². The maximum Gasteiger partial charge on any atom is 0.287 e. The number of amides is 2. The molecule has 0 fully saturated rings. The van der Waals surface area contributed by atoms with Crippen LogP contribution in [0.1, 0.15) is 21.5 Å². The van der Waals surface area contributed by atoms with E-state index in [0.717, 1.165) is 24.4 Å². The summed E-state index contributed by atoms with van der Waals surface area (Å²) in [6.07, 6.45) is 2.41. The van der Waals surface area contributed by atoms with Gasteiger partial charge < -0.3 is 19.9 Å². The highest BCUT2D eigenvalue weighted by molar-refractivity contribution is 6.05. The van der Waals surface area contributed by atoms with Crippen molar-refractivity contribution in [3.63, 3.8) is 0 Å². The summed E-state index contributed by atoms with van der Waals surface area (Å²) in [4.78, 5) is 35.8. The molecule has 1 aliphatic rings. The lowest BCUT2D eigenvalue weighted by atomic mass is 10.1. The normalized spacial score (nSPS) is 12.4. The Balaban J connectivity index is 1.57. The quantitative estimate of drug-likeness (QED) is 0.231. The second kappa shape index (κ2) is 10.2. The molecule has 0 spiro atoms. The van der Waals surface area contributed by atoms with Crippen molar-refractivity contribution in [2.24, 2.45) is 5.10 Å². The molecule has 0 saturated carbocycles. The Bertz CT molecular complexity index is 1350. The van der Waals surface area contributed by atoms with E-state index in [-0.39, 0.29) is 23.7 Å². The first-order valence-corrected chi connectivity index (χ1v) is 10.2. The summed E-state index contributed by atoms with van der Waals surface area (Å²) >= 11 is 0. The van der Waals surface area contributed by atoms with Crippen LogP contribution in [0.5, 0.6) is 17.2 Å². The zero-order valence-electron chi connectivity index (χ0n) is 18.0. The van der Waals surface area contributed by atoms with E-state index >= 15 is 0 Å². The number of nitrogens with one attached hydrogen (secondary N) is 2. The molecule has 2 amide bonds.